The van der Waals surface area contributed by atoms with Crippen LogP contribution in [0.3, 0.4) is 0 Å². The number of likely N-dealkylation sites (N-methyl/N-ethyl adjacent to an activating group) is 2. The average molecular weight is 361 g/mol. The molecular formula is C19H23ClN3O2+. The summed E-state index contributed by atoms with van der Waals surface area (Å²) in [6, 6.07) is 16.5. The van der Waals surface area contributed by atoms with E-state index in [1.165, 1.54) is 0 Å². The third kappa shape index (κ3) is 5.89. The molecule has 1 atom stereocenters. The van der Waals surface area contributed by atoms with Crippen LogP contribution in [-0.4, -0.2) is 38.5 Å². The molecule has 1 unspecified atom stereocenters. The van der Waals surface area contributed by atoms with Gasteiger partial charge in [-0.1, -0.05) is 29.8 Å². The van der Waals surface area contributed by atoms with Crippen LogP contribution in [0.25, 0.3) is 0 Å². The molecule has 132 valence electrons. The van der Waals surface area contributed by atoms with Gasteiger partial charge in [0, 0.05) is 22.9 Å². The Labute approximate surface area is 153 Å². The maximum atomic E-state index is 12.5. The molecule has 0 aliphatic heterocycles. The summed E-state index contributed by atoms with van der Waals surface area (Å²) >= 11 is 5.82. The van der Waals surface area contributed by atoms with E-state index in [9.17, 15) is 9.59 Å². The average Bonchev–Trinajstić information content (AvgIpc) is 2.58. The van der Waals surface area contributed by atoms with E-state index in [1.807, 2.05) is 44.3 Å². The largest absolute Gasteiger partial charge is 0.322 e. The number of rotatable bonds is 7. The summed E-state index contributed by atoms with van der Waals surface area (Å²) in [5.41, 5.74) is 1.56. The summed E-state index contributed by atoms with van der Waals surface area (Å²) in [6.07, 6.45) is 0. The van der Waals surface area contributed by atoms with Crippen molar-refractivity contribution >= 4 is 34.8 Å². The monoisotopic (exact) mass is 360 g/mol. The maximum absolute atomic E-state index is 12.5. The Morgan fingerprint density at radius 1 is 1.04 bits per heavy atom. The number of amides is 2. The SMILES string of the molecule is CCN(C(=O)C[NH+](C)CC(=O)Nc1ccc(Cl)cc1)c1ccccc1. The summed E-state index contributed by atoms with van der Waals surface area (Å²) in [5, 5.41) is 3.42. The lowest BCUT2D eigenvalue weighted by atomic mass is 10.2. The number of benzene rings is 2. The number of halogens is 1. The third-order valence-corrected chi connectivity index (χ3v) is 3.98. The number of hydrogen-bond donors (Lipinski definition) is 2. The van der Waals surface area contributed by atoms with E-state index in [0.717, 1.165) is 10.6 Å². The molecule has 2 rings (SSSR count). The zero-order chi connectivity index (χ0) is 18.2. The Morgan fingerprint density at radius 3 is 2.28 bits per heavy atom. The van der Waals surface area contributed by atoms with Gasteiger partial charge in [-0.25, -0.2) is 0 Å². The second-order valence-electron chi connectivity index (χ2n) is 5.84. The molecule has 6 heteroatoms. The van der Waals surface area contributed by atoms with Crippen LogP contribution in [0.5, 0.6) is 0 Å². The van der Waals surface area contributed by atoms with E-state index < -0.39 is 0 Å². The molecule has 0 radical (unpaired) electrons. The summed E-state index contributed by atoms with van der Waals surface area (Å²) in [4.78, 5) is 27.2. The number of para-hydroxylation sites is 1. The zero-order valence-corrected chi connectivity index (χ0v) is 15.2. The summed E-state index contributed by atoms with van der Waals surface area (Å²) in [6.45, 7) is 2.98. The number of quaternary nitrogens is 1. The molecule has 0 heterocycles. The van der Waals surface area contributed by atoms with Crippen LogP contribution in [0.4, 0.5) is 11.4 Å². The summed E-state index contributed by atoms with van der Waals surface area (Å²) in [7, 11) is 1.83. The molecule has 0 aliphatic rings. The van der Waals surface area contributed by atoms with Crippen LogP contribution in [0.2, 0.25) is 5.02 Å². The molecule has 0 saturated heterocycles. The lowest BCUT2D eigenvalue weighted by Crippen LogP contribution is -3.11. The quantitative estimate of drug-likeness (QED) is 0.791. The molecule has 0 bridgehead atoms. The first-order chi connectivity index (χ1) is 12.0. The Bertz CT molecular complexity index is 704. The number of nitrogens with zero attached hydrogens (tertiary/aromatic N) is 1. The van der Waals surface area contributed by atoms with Gasteiger partial charge in [0.05, 0.1) is 7.05 Å². The molecule has 25 heavy (non-hydrogen) atoms. The molecule has 0 saturated carbocycles. The Morgan fingerprint density at radius 2 is 1.68 bits per heavy atom. The Hall–Kier alpha value is -2.37. The second-order valence-corrected chi connectivity index (χ2v) is 6.28. The van der Waals surface area contributed by atoms with Gasteiger partial charge in [-0.3, -0.25) is 9.59 Å². The van der Waals surface area contributed by atoms with Gasteiger partial charge in [-0.2, -0.15) is 0 Å². The van der Waals surface area contributed by atoms with E-state index in [2.05, 4.69) is 5.32 Å². The molecule has 2 amide bonds. The van der Waals surface area contributed by atoms with Crippen molar-refractivity contribution in [2.24, 2.45) is 0 Å². The van der Waals surface area contributed by atoms with Crippen LogP contribution in [0.1, 0.15) is 6.92 Å². The first-order valence-electron chi connectivity index (χ1n) is 8.21. The van der Waals surface area contributed by atoms with Crippen molar-refractivity contribution in [3.8, 4) is 0 Å². The topological polar surface area (TPSA) is 53.9 Å². The maximum Gasteiger partial charge on any atom is 0.282 e. The van der Waals surface area contributed by atoms with E-state index in [0.29, 0.717) is 17.3 Å². The number of carbonyl (C=O) groups excluding carboxylic acids is 2. The molecular weight excluding hydrogens is 338 g/mol. The van der Waals surface area contributed by atoms with Crippen molar-refractivity contribution < 1.29 is 14.5 Å². The highest BCUT2D eigenvalue weighted by Gasteiger charge is 2.19. The third-order valence-electron chi connectivity index (χ3n) is 3.73. The lowest BCUT2D eigenvalue weighted by Gasteiger charge is -2.22. The molecule has 0 fully saturated rings. The first kappa shape index (κ1) is 19.0. The van der Waals surface area contributed by atoms with E-state index in [-0.39, 0.29) is 24.9 Å². The molecule has 5 nitrogen and oxygen atoms in total. The lowest BCUT2D eigenvalue weighted by molar-refractivity contribution is -0.862. The smallest absolute Gasteiger partial charge is 0.282 e. The van der Waals surface area contributed by atoms with Gasteiger partial charge in [0.15, 0.2) is 13.1 Å². The fourth-order valence-corrected chi connectivity index (χ4v) is 2.67. The minimum atomic E-state index is -0.143. The molecule has 2 N–H and O–H groups in total. The van der Waals surface area contributed by atoms with Crippen molar-refractivity contribution in [1.82, 2.24) is 0 Å². The number of hydrogen-bond acceptors (Lipinski definition) is 2. The fourth-order valence-electron chi connectivity index (χ4n) is 2.54. The van der Waals surface area contributed by atoms with E-state index in [1.54, 1.807) is 29.2 Å². The Balaban J connectivity index is 1.87. The van der Waals surface area contributed by atoms with Crippen LogP contribution < -0.4 is 15.1 Å². The van der Waals surface area contributed by atoms with Gasteiger partial charge in [0.25, 0.3) is 11.8 Å². The van der Waals surface area contributed by atoms with E-state index in [4.69, 9.17) is 11.6 Å². The molecule has 0 spiro atoms. The van der Waals surface area contributed by atoms with Gasteiger partial charge in [-0.05, 0) is 43.3 Å². The normalized spacial score (nSPS) is 11.6. The molecule has 0 aliphatic carbocycles. The van der Waals surface area contributed by atoms with Crippen LogP contribution in [0.15, 0.2) is 54.6 Å². The van der Waals surface area contributed by atoms with Crippen LogP contribution in [0, 0.1) is 0 Å². The van der Waals surface area contributed by atoms with Crippen molar-refractivity contribution in [1.29, 1.82) is 0 Å². The van der Waals surface area contributed by atoms with Crippen LogP contribution >= 0.6 is 11.6 Å². The van der Waals surface area contributed by atoms with Gasteiger partial charge >= 0.3 is 0 Å². The zero-order valence-electron chi connectivity index (χ0n) is 14.5. The van der Waals surface area contributed by atoms with Gasteiger partial charge in [0.1, 0.15) is 0 Å². The Kier molecular flexibility index (Phi) is 6.98. The van der Waals surface area contributed by atoms with Crippen molar-refractivity contribution in [2.75, 3.05) is 36.9 Å². The minimum absolute atomic E-state index is 0.00880. The highest BCUT2D eigenvalue weighted by molar-refractivity contribution is 6.30. The predicted octanol–water partition coefficient (Wildman–Crippen LogP) is 1.85. The predicted molar refractivity (Wildman–Crippen MR) is 101 cm³/mol. The van der Waals surface area contributed by atoms with Crippen molar-refractivity contribution in [3.05, 3.63) is 59.6 Å². The summed E-state index contributed by atoms with van der Waals surface area (Å²) < 4.78 is 0. The van der Waals surface area contributed by atoms with Crippen molar-refractivity contribution in [2.45, 2.75) is 6.92 Å². The highest BCUT2D eigenvalue weighted by atomic mass is 35.5. The van der Waals surface area contributed by atoms with Gasteiger partial charge in [-0.15, -0.1) is 0 Å². The van der Waals surface area contributed by atoms with E-state index >= 15 is 0 Å². The summed E-state index contributed by atoms with van der Waals surface area (Å²) in [5.74, 6) is -0.152. The number of nitrogens with one attached hydrogen (secondary N) is 2. The van der Waals surface area contributed by atoms with Crippen molar-refractivity contribution in [3.63, 3.8) is 0 Å². The van der Waals surface area contributed by atoms with Crippen LogP contribution in [-0.2, 0) is 9.59 Å². The highest BCUT2D eigenvalue weighted by Crippen LogP contribution is 2.13. The molecule has 2 aromatic carbocycles. The number of carbonyl (C=O) groups is 2. The van der Waals surface area contributed by atoms with Gasteiger partial charge < -0.3 is 15.1 Å². The molecule has 0 aromatic heterocycles. The van der Waals surface area contributed by atoms with Gasteiger partial charge in [0.2, 0.25) is 0 Å². The first-order valence-corrected chi connectivity index (χ1v) is 8.59. The second kappa shape index (κ2) is 9.20. The minimum Gasteiger partial charge on any atom is -0.322 e. The fraction of sp³-hybridized carbons (Fsp3) is 0.263. The molecule has 2 aromatic rings. The number of anilines is 2. The standard InChI is InChI=1S/C19H22ClN3O2/c1-3-23(17-7-5-4-6-8-17)19(25)14-22(2)13-18(24)21-16-11-9-15(20)10-12-16/h4-12H,3,13-14H2,1-2H3,(H,21,24)/p+1.